The van der Waals surface area contributed by atoms with E-state index in [1.807, 2.05) is 0 Å². The molecule has 0 bridgehead atoms. The normalized spacial score (nSPS) is 13.2. The third kappa shape index (κ3) is 14.5. The molecule has 0 radical (unpaired) electrons. The van der Waals surface area contributed by atoms with E-state index in [2.05, 4.69) is 26.6 Å². The molecule has 0 aromatic heterocycles. The van der Waals surface area contributed by atoms with Crippen LogP contribution < -0.4 is 32.3 Å². The fraction of sp³-hybridized carbons (Fsp3) is 0.234. The number of rotatable bonds is 20. The van der Waals surface area contributed by atoms with Gasteiger partial charge in [0.2, 0.25) is 35.4 Å². The van der Waals surface area contributed by atoms with Crippen molar-refractivity contribution in [3.63, 3.8) is 0 Å². The Balaban J connectivity index is 1.45. The fourth-order valence-electron chi connectivity index (χ4n) is 6.73. The number of phenols is 5. The van der Waals surface area contributed by atoms with Crippen LogP contribution in [0.2, 0.25) is 0 Å². The number of benzene rings is 5. The molecule has 0 aliphatic heterocycles. The van der Waals surface area contributed by atoms with Gasteiger partial charge < -0.3 is 57.9 Å². The van der Waals surface area contributed by atoms with Crippen molar-refractivity contribution < 1.29 is 54.3 Å². The average Bonchev–Trinajstić information content (AvgIpc) is 3.25. The molecule has 0 unspecified atom stereocenters. The maximum absolute atomic E-state index is 14.5. The molecular weight excluding hydrogens is 825 g/mol. The van der Waals surface area contributed by atoms with Crippen LogP contribution in [0.4, 0.5) is 0 Å². The van der Waals surface area contributed by atoms with Crippen molar-refractivity contribution >= 4 is 35.4 Å². The van der Waals surface area contributed by atoms with Crippen LogP contribution in [0.1, 0.15) is 34.7 Å². The van der Waals surface area contributed by atoms with Gasteiger partial charge in [-0.25, -0.2) is 0 Å². The van der Waals surface area contributed by atoms with Crippen LogP contribution in [0.3, 0.4) is 0 Å². The molecule has 0 aliphatic rings. The van der Waals surface area contributed by atoms with E-state index in [1.165, 1.54) is 104 Å². The van der Waals surface area contributed by atoms with E-state index < -0.39 is 65.7 Å². The molecule has 5 aromatic rings. The molecule has 0 fully saturated rings. The molecule has 12 N–H and O–H groups in total. The van der Waals surface area contributed by atoms with Crippen molar-refractivity contribution in [2.75, 3.05) is 0 Å². The van der Waals surface area contributed by atoms with E-state index in [1.54, 1.807) is 24.3 Å². The first-order valence-corrected chi connectivity index (χ1v) is 20.2. The molecular formula is C47H50N6O11. The zero-order valence-electron chi connectivity index (χ0n) is 34.7. The zero-order chi connectivity index (χ0) is 46.3. The number of nitrogens with two attached hydrogens (primary N) is 1. The van der Waals surface area contributed by atoms with Crippen LogP contribution in [0.5, 0.6) is 28.7 Å². The lowest BCUT2D eigenvalue weighted by atomic mass is 9.99. The monoisotopic (exact) mass is 874 g/mol. The van der Waals surface area contributed by atoms with Crippen LogP contribution in [-0.4, -0.2) is 91.2 Å². The highest BCUT2D eigenvalue weighted by Gasteiger charge is 2.33. The van der Waals surface area contributed by atoms with Gasteiger partial charge in [-0.15, -0.1) is 0 Å². The number of carbonyl (C=O) groups excluding carboxylic acids is 6. The summed E-state index contributed by atoms with van der Waals surface area (Å²) in [6.45, 7) is 1.23. The number of hydrogen-bond acceptors (Lipinski definition) is 11. The minimum atomic E-state index is -1.43. The van der Waals surface area contributed by atoms with Crippen molar-refractivity contribution in [3.05, 3.63) is 149 Å². The van der Waals surface area contributed by atoms with Gasteiger partial charge in [-0.3, -0.25) is 28.8 Å². The molecule has 64 heavy (non-hydrogen) atoms. The zero-order valence-corrected chi connectivity index (χ0v) is 34.7. The molecule has 0 aliphatic carbocycles. The number of carbonyl (C=O) groups is 6. The summed E-state index contributed by atoms with van der Waals surface area (Å²) in [5.41, 5.74) is 8.34. The summed E-state index contributed by atoms with van der Waals surface area (Å²) in [4.78, 5) is 81.7. The van der Waals surface area contributed by atoms with Gasteiger partial charge in [0.05, 0.1) is 0 Å². The summed E-state index contributed by atoms with van der Waals surface area (Å²) >= 11 is 0. The number of nitrogens with one attached hydrogen (secondary N) is 5. The minimum absolute atomic E-state index is 0.00594. The second-order valence-electron chi connectivity index (χ2n) is 15.3. The summed E-state index contributed by atoms with van der Waals surface area (Å²) in [7, 11) is 0. The lowest BCUT2D eigenvalue weighted by Crippen LogP contribution is -2.60. The molecule has 5 rings (SSSR count). The fourth-order valence-corrected chi connectivity index (χ4v) is 6.73. The quantitative estimate of drug-likeness (QED) is 0.0535. The van der Waals surface area contributed by atoms with Crippen LogP contribution in [-0.2, 0) is 60.9 Å². The van der Waals surface area contributed by atoms with Crippen molar-refractivity contribution in [2.24, 2.45) is 5.73 Å². The number of hydrogen-bond donors (Lipinski definition) is 11. The van der Waals surface area contributed by atoms with Crippen LogP contribution in [0.15, 0.2) is 121 Å². The number of phenolic OH excluding ortho intramolecular Hbond substituents is 5. The highest BCUT2D eigenvalue weighted by Crippen LogP contribution is 2.17. The van der Waals surface area contributed by atoms with Gasteiger partial charge in [-0.2, -0.15) is 0 Å². The maximum Gasteiger partial charge on any atom is 0.243 e. The van der Waals surface area contributed by atoms with Crippen molar-refractivity contribution in [1.82, 2.24) is 26.6 Å². The molecule has 334 valence electrons. The van der Waals surface area contributed by atoms with E-state index >= 15 is 0 Å². The first-order valence-electron chi connectivity index (χ1n) is 20.2. The largest absolute Gasteiger partial charge is 0.508 e. The Kier molecular flexibility index (Phi) is 16.3. The Hall–Kier alpha value is -8.08. The first-order chi connectivity index (χ1) is 30.5. The van der Waals surface area contributed by atoms with Gasteiger partial charge in [0.1, 0.15) is 59.0 Å². The van der Waals surface area contributed by atoms with E-state index in [9.17, 15) is 54.3 Å². The second kappa shape index (κ2) is 22.1. The van der Waals surface area contributed by atoms with Crippen molar-refractivity contribution in [1.29, 1.82) is 0 Å². The van der Waals surface area contributed by atoms with E-state index in [0.29, 0.717) is 27.8 Å². The molecule has 0 heterocycles. The van der Waals surface area contributed by atoms with Crippen molar-refractivity contribution in [3.8, 4) is 28.7 Å². The standard InChI is InChI=1S/C47H50N6O11/c1-27(54)49-39(23-29-4-14-34(56)15-5-29)44(61)51-41(25-31-8-18-36(58)19-9-31)46(63)53-42(26-32-10-20-37(59)21-11-32)47(64)52-40(24-30-6-16-35(57)17-7-30)45(62)50-38(43(48)60)22-28-2-12-33(55)13-3-28/h2-21,38-42,55-59H,22-26H2,1H3,(H2,48,60)(H,49,54)(H,50,62)(H,51,61)(H,52,64)(H,53,63)/t38-,39-,40-,41-,42-/m0/s1. The first kappa shape index (κ1) is 47.0. The Bertz CT molecular complexity index is 2390. The summed E-state index contributed by atoms with van der Waals surface area (Å²) in [6, 6.07) is 22.8. The molecule has 5 aromatic carbocycles. The Morgan fingerprint density at radius 1 is 0.359 bits per heavy atom. The second-order valence-corrected chi connectivity index (χ2v) is 15.3. The molecule has 0 saturated heterocycles. The number of aromatic hydroxyl groups is 5. The van der Waals surface area contributed by atoms with Crippen LogP contribution in [0, 0.1) is 0 Å². The third-order valence-electron chi connectivity index (χ3n) is 10.1. The van der Waals surface area contributed by atoms with Gasteiger partial charge in [-0.1, -0.05) is 60.7 Å². The van der Waals surface area contributed by atoms with Crippen LogP contribution >= 0.6 is 0 Å². The molecule has 17 nitrogen and oxygen atoms in total. The molecule has 5 atom stereocenters. The van der Waals surface area contributed by atoms with Gasteiger partial charge in [0.25, 0.3) is 0 Å². The molecule has 0 spiro atoms. The lowest BCUT2D eigenvalue weighted by Gasteiger charge is -2.27. The minimum Gasteiger partial charge on any atom is -0.508 e. The number of primary amides is 1. The Morgan fingerprint density at radius 2 is 0.547 bits per heavy atom. The van der Waals surface area contributed by atoms with Gasteiger partial charge in [0.15, 0.2) is 0 Å². The summed E-state index contributed by atoms with van der Waals surface area (Å²) in [5, 5.41) is 62.6. The Morgan fingerprint density at radius 3 is 0.750 bits per heavy atom. The maximum atomic E-state index is 14.5. The smallest absolute Gasteiger partial charge is 0.243 e. The summed E-state index contributed by atoms with van der Waals surface area (Å²) in [5.74, 6) is -4.83. The predicted molar refractivity (Wildman–Crippen MR) is 234 cm³/mol. The third-order valence-corrected chi connectivity index (χ3v) is 10.1. The van der Waals surface area contributed by atoms with E-state index in [0.717, 1.165) is 0 Å². The topological polar surface area (TPSA) is 290 Å². The Labute approximate surface area is 368 Å². The van der Waals surface area contributed by atoms with Crippen molar-refractivity contribution in [2.45, 2.75) is 69.2 Å². The SMILES string of the molecule is CC(=O)N[C@@H](Cc1ccc(O)cc1)C(=O)N[C@@H](Cc1ccc(O)cc1)C(=O)N[C@@H](Cc1ccc(O)cc1)C(=O)N[C@@H](Cc1ccc(O)cc1)C(=O)N[C@@H](Cc1ccc(O)cc1)C(N)=O. The van der Waals surface area contributed by atoms with Crippen LogP contribution in [0.25, 0.3) is 0 Å². The molecule has 17 heteroatoms. The van der Waals surface area contributed by atoms with Gasteiger partial charge >= 0.3 is 0 Å². The van der Waals surface area contributed by atoms with E-state index in [4.69, 9.17) is 5.73 Å². The van der Waals surface area contributed by atoms with E-state index in [-0.39, 0.29) is 60.9 Å². The van der Waals surface area contributed by atoms with Gasteiger partial charge in [-0.05, 0) is 88.5 Å². The number of amides is 6. The molecule has 6 amide bonds. The highest BCUT2D eigenvalue weighted by atomic mass is 16.3. The highest BCUT2D eigenvalue weighted by molar-refractivity contribution is 5.96. The lowest BCUT2D eigenvalue weighted by molar-refractivity contribution is -0.134. The average molecular weight is 875 g/mol. The van der Waals surface area contributed by atoms with Gasteiger partial charge in [0, 0.05) is 39.0 Å². The summed E-state index contributed by atoms with van der Waals surface area (Å²) in [6.07, 6.45) is -0.522. The summed E-state index contributed by atoms with van der Waals surface area (Å²) < 4.78 is 0. The molecule has 0 saturated carbocycles. The predicted octanol–water partition coefficient (Wildman–Crippen LogP) is 1.66.